The third-order valence-electron chi connectivity index (χ3n) is 3.09. The Balaban J connectivity index is 4.32. The molecule has 0 amide bonds. The Hall–Kier alpha value is -0.610. The predicted molar refractivity (Wildman–Crippen MR) is 71.0 cm³/mol. The molecule has 0 radical (unpaired) electrons. The second-order valence-corrected chi connectivity index (χ2v) is 4.50. The van der Waals surface area contributed by atoms with Crippen LogP contribution in [0.4, 0.5) is 0 Å². The minimum Gasteiger partial charge on any atom is -0.468 e. The van der Waals surface area contributed by atoms with Crippen molar-refractivity contribution in [3.05, 3.63) is 0 Å². The molecule has 0 saturated heterocycles. The van der Waals surface area contributed by atoms with Crippen LogP contribution in [-0.2, 0) is 9.53 Å². The number of hydrogen-bond acceptors (Lipinski definition) is 4. The number of nitrogens with zero attached hydrogens (tertiary/aromatic N) is 1. The van der Waals surface area contributed by atoms with Gasteiger partial charge in [0.2, 0.25) is 0 Å². The molecule has 0 aliphatic rings. The Kier molecular flexibility index (Phi) is 9.09. The third-order valence-corrected chi connectivity index (χ3v) is 3.09. The van der Waals surface area contributed by atoms with Crippen LogP contribution in [0, 0.1) is 5.92 Å². The van der Waals surface area contributed by atoms with Gasteiger partial charge in [-0.25, -0.2) is 0 Å². The molecular formula is C13H28N2O2. The number of nitrogens with one attached hydrogen (secondary N) is 1. The number of ether oxygens (including phenoxy) is 1. The van der Waals surface area contributed by atoms with Crippen molar-refractivity contribution in [2.45, 2.75) is 40.2 Å². The van der Waals surface area contributed by atoms with E-state index in [0.717, 1.165) is 26.2 Å². The summed E-state index contributed by atoms with van der Waals surface area (Å²) in [7, 11) is 1.44. The van der Waals surface area contributed by atoms with E-state index >= 15 is 0 Å². The third kappa shape index (κ3) is 6.64. The van der Waals surface area contributed by atoms with Crippen LogP contribution in [-0.4, -0.2) is 50.2 Å². The first-order valence-corrected chi connectivity index (χ1v) is 6.62. The molecule has 0 aromatic heterocycles. The highest BCUT2D eigenvalue weighted by molar-refractivity contribution is 5.75. The maximum absolute atomic E-state index is 11.6. The average molecular weight is 244 g/mol. The van der Waals surface area contributed by atoms with Crippen molar-refractivity contribution in [1.29, 1.82) is 0 Å². The van der Waals surface area contributed by atoms with Gasteiger partial charge in [0.15, 0.2) is 0 Å². The zero-order valence-electron chi connectivity index (χ0n) is 12.0. The zero-order valence-corrected chi connectivity index (χ0v) is 12.0. The molecule has 0 bridgehead atoms. The lowest BCUT2D eigenvalue weighted by Gasteiger charge is -2.27. The van der Waals surface area contributed by atoms with E-state index < -0.39 is 0 Å². The van der Waals surface area contributed by atoms with Gasteiger partial charge >= 0.3 is 5.97 Å². The van der Waals surface area contributed by atoms with Crippen molar-refractivity contribution < 1.29 is 9.53 Å². The first-order chi connectivity index (χ1) is 8.08. The molecular weight excluding hydrogens is 216 g/mol. The molecule has 1 N–H and O–H groups in total. The molecule has 0 heterocycles. The summed E-state index contributed by atoms with van der Waals surface area (Å²) in [4.78, 5) is 13.9. The molecule has 0 aliphatic carbocycles. The highest BCUT2D eigenvalue weighted by Gasteiger charge is 2.21. The van der Waals surface area contributed by atoms with E-state index in [1.165, 1.54) is 13.5 Å². The van der Waals surface area contributed by atoms with Gasteiger partial charge in [0, 0.05) is 13.1 Å². The standard InChI is InChI=1S/C13H28N2O2/c1-6-11(4)9-15(8-3)10-12(14-7-2)13(16)17-5/h11-12,14H,6-10H2,1-5H3. The number of rotatable bonds is 9. The first kappa shape index (κ1) is 16.4. The monoisotopic (exact) mass is 244 g/mol. The summed E-state index contributed by atoms with van der Waals surface area (Å²) in [5.41, 5.74) is 0. The summed E-state index contributed by atoms with van der Waals surface area (Å²) in [6, 6.07) is -0.214. The van der Waals surface area contributed by atoms with Gasteiger partial charge in [0.1, 0.15) is 6.04 Å². The van der Waals surface area contributed by atoms with Gasteiger partial charge in [-0.3, -0.25) is 4.79 Å². The van der Waals surface area contributed by atoms with E-state index in [1.807, 2.05) is 6.92 Å². The number of esters is 1. The summed E-state index contributed by atoms with van der Waals surface area (Å²) in [5, 5.41) is 3.17. The molecule has 4 heteroatoms. The minimum absolute atomic E-state index is 0.172. The molecule has 2 atom stereocenters. The van der Waals surface area contributed by atoms with Gasteiger partial charge in [-0.05, 0) is 19.0 Å². The number of likely N-dealkylation sites (N-methyl/N-ethyl adjacent to an activating group) is 2. The largest absolute Gasteiger partial charge is 0.468 e. The second-order valence-electron chi connectivity index (χ2n) is 4.50. The van der Waals surface area contributed by atoms with Gasteiger partial charge in [0.05, 0.1) is 7.11 Å². The summed E-state index contributed by atoms with van der Waals surface area (Å²) in [6.45, 7) is 12.1. The molecule has 4 nitrogen and oxygen atoms in total. The maximum atomic E-state index is 11.6. The van der Waals surface area contributed by atoms with Gasteiger partial charge in [-0.15, -0.1) is 0 Å². The Labute approximate surface area is 106 Å². The molecule has 0 fully saturated rings. The molecule has 0 aliphatic heterocycles. The molecule has 102 valence electrons. The smallest absolute Gasteiger partial charge is 0.324 e. The van der Waals surface area contributed by atoms with Gasteiger partial charge in [-0.2, -0.15) is 0 Å². The fourth-order valence-electron chi connectivity index (χ4n) is 1.77. The van der Waals surface area contributed by atoms with Crippen LogP contribution in [0.15, 0.2) is 0 Å². The lowest BCUT2D eigenvalue weighted by molar-refractivity contribution is -0.143. The van der Waals surface area contributed by atoms with Crippen LogP contribution in [0.2, 0.25) is 0 Å². The molecule has 0 aromatic rings. The van der Waals surface area contributed by atoms with Crippen molar-refractivity contribution in [2.24, 2.45) is 5.92 Å². The Morgan fingerprint density at radius 1 is 1.29 bits per heavy atom. The van der Waals surface area contributed by atoms with Gasteiger partial charge in [0.25, 0.3) is 0 Å². The topological polar surface area (TPSA) is 41.6 Å². The molecule has 0 aromatic carbocycles. The maximum Gasteiger partial charge on any atom is 0.324 e. The minimum atomic E-state index is -0.214. The predicted octanol–water partition coefficient (Wildman–Crippen LogP) is 1.51. The van der Waals surface area contributed by atoms with Crippen LogP contribution in [0.1, 0.15) is 34.1 Å². The van der Waals surface area contributed by atoms with Crippen molar-refractivity contribution in [3.63, 3.8) is 0 Å². The van der Waals surface area contributed by atoms with E-state index in [-0.39, 0.29) is 12.0 Å². The Bertz CT molecular complexity index is 210. The van der Waals surface area contributed by atoms with Crippen molar-refractivity contribution in [1.82, 2.24) is 10.2 Å². The van der Waals surface area contributed by atoms with E-state index in [2.05, 4.69) is 31.0 Å². The summed E-state index contributed by atoms with van der Waals surface area (Å²) < 4.78 is 4.81. The highest BCUT2D eigenvalue weighted by atomic mass is 16.5. The van der Waals surface area contributed by atoms with Gasteiger partial charge in [-0.1, -0.05) is 34.1 Å². The molecule has 17 heavy (non-hydrogen) atoms. The van der Waals surface area contributed by atoms with Crippen LogP contribution < -0.4 is 5.32 Å². The van der Waals surface area contributed by atoms with E-state index in [0.29, 0.717) is 5.92 Å². The van der Waals surface area contributed by atoms with Gasteiger partial charge < -0.3 is 15.0 Å². The van der Waals surface area contributed by atoms with Crippen molar-refractivity contribution in [3.8, 4) is 0 Å². The van der Waals surface area contributed by atoms with E-state index in [1.54, 1.807) is 0 Å². The second kappa shape index (κ2) is 9.42. The zero-order chi connectivity index (χ0) is 13.3. The lowest BCUT2D eigenvalue weighted by Crippen LogP contribution is -2.47. The number of carbonyl (C=O) groups is 1. The highest BCUT2D eigenvalue weighted by Crippen LogP contribution is 2.05. The fraction of sp³-hybridized carbons (Fsp3) is 0.923. The SMILES string of the molecule is CCNC(CN(CC)CC(C)CC)C(=O)OC. The van der Waals surface area contributed by atoms with Crippen LogP contribution in [0.3, 0.4) is 0 Å². The average Bonchev–Trinajstić information content (AvgIpc) is 2.35. The first-order valence-electron chi connectivity index (χ1n) is 6.62. The summed E-state index contributed by atoms with van der Waals surface area (Å²) in [6.07, 6.45) is 1.17. The number of hydrogen-bond donors (Lipinski definition) is 1. The Morgan fingerprint density at radius 3 is 2.35 bits per heavy atom. The molecule has 2 unspecified atom stereocenters. The van der Waals surface area contributed by atoms with Crippen molar-refractivity contribution >= 4 is 5.97 Å². The van der Waals surface area contributed by atoms with Crippen LogP contribution >= 0.6 is 0 Å². The number of carbonyl (C=O) groups excluding carboxylic acids is 1. The quantitative estimate of drug-likeness (QED) is 0.624. The molecule has 0 spiro atoms. The fourth-order valence-corrected chi connectivity index (χ4v) is 1.77. The Morgan fingerprint density at radius 2 is 1.94 bits per heavy atom. The van der Waals surface area contributed by atoms with E-state index in [4.69, 9.17) is 4.74 Å². The lowest BCUT2D eigenvalue weighted by atomic mass is 10.1. The van der Waals surface area contributed by atoms with Crippen LogP contribution in [0.5, 0.6) is 0 Å². The molecule has 0 rings (SSSR count). The number of methoxy groups -OCH3 is 1. The normalized spacial score (nSPS) is 14.7. The molecule has 0 saturated carbocycles. The summed E-state index contributed by atoms with van der Waals surface area (Å²) in [5.74, 6) is 0.490. The van der Waals surface area contributed by atoms with Crippen molar-refractivity contribution in [2.75, 3.05) is 33.3 Å². The van der Waals surface area contributed by atoms with Crippen LogP contribution in [0.25, 0.3) is 0 Å². The van der Waals surface area contributed by atoms with E-state index in [9.17, 15) is 4.79 Å². The summed E-state index contributed by atoms with van der Waals surface area (Å²) >= 11 is 0.